The molecule has 0 fully saturated rings. The van der Waals surface area contributed by atoms with E-state index < -0.39 is 6.10 Å². The van der Waals surface area contributed by atoms with Gasteiger partial charge in [0.25, 0.3) is 0 Å². The predicted molar refractivity (Wildman–Crippen MR) is 66.7 cm³/mol. The average Bonchev–Trinajstić information content (AvgIpc) is 2.29. The summed E-state index contributed by atoms with van der Waals surface area (Å²) in [4.78, 5) is 0. The Hall–Kier alpha value is -1.38. The number of hydrogen-bond donors (Lipinski definition) is 1. The predicted octanol–water partition coefficient (Wildman–Crippen LogP) is 3.87. The maximum atomic E-state index is 13.0. The van der Waals surface area contributed by atoms with Crippen LogP contribution in [0, 0.1) is 12.7 Å². The Morgan fingerprint density at radius 3 is 2.47 bits per heavy atom. The van der Waals surface area contributed by atoms with Crippen molar-refractivity contribution in [3.63, 3.8) is 0 Å². The number of aliphatic hydroxyl groups excluding tert-OH is 1. The number of benzene rings is 2. The first kappa shape index (κ1) is 12.1. The molecule has 0 heterocycles. The molecule has 0 radical (unpaired) electrons. The van der Waals surface area contributed by atoms with Gasteiger partial charge in [0.15, 0.2) is 0 Å². The van der Waals surface area contributed by atoms with E-state index in [1.54, 1.807) is 31.2 Å². The number of halogens is 2. The SMILES string of the molecule is Cc1cc(F)ccc1C(O)c1ccccc1Cl. The van der Waals surface area contributed by atoms with Crippen LogP contribution >= 0.6 is 11.6 Å². The van der Waals surface area contributed by atoms with E-state index in [2.05, 4.69) is 0 Å². The Morgan fingerprint density at radius 1 is 1.12 bits per heavy atom. The Bertz CT molecular complexity index is 539. The zero-order valence-electron chi connectivity index (χ0n) is 9.32. The largest absolute Gasteiger partial charge is 0.384 e. The topological polar surface area (TPSA) is 20.2 Å². The first-order valence-electron chi connectivity index (χ1n) is 5.28. The maximum Gasteiger partial charge on any atom is 0.123 e. The molecule has 0 bridgehead atoms. The summed E-state index contributed by atoms with van der Waals surface area (Å²) < 4.78 is 13.0. The molecule has 1 atom stereocenters. The number of hydrogen-bond acceptors (Lipinski definition) is 1. The molecule has 1 unspecified atom stereocenters. The highest BCUT2D eigenvalue weighted by molar-refractivity contribution is 6.31. The molecule has 17 heavy (non-hydrogen) atoms. The van der Waals surface area contributed by atoms with Gasteiger partial charge in [0, 0.05) is 10.6 Å². The van der Waals surface area contributed by atoms with E-state index in [4.69, 9.17) is 11.6 Å². The van der Waals surface area contributed by atoms with Crippen molar-refractivity contribution < 1.29 is 9.50 Å². The Labute approximate surface area is 104 Å². The lowest BCUT2D eigenvalue weighted by molar-refractivity contribution is 0.219. The lowest BCUT2D eigenvalue weighted by Crippen LogP contribution is -2.03. The van der Waals surface area contributed by atoms with Gasteiger partial charge < -0.3 is 5.11 Å². The molecule has 0 amide bonds. The van der Waals surface area contributed by atoms with Gasteiger partial charge in [-0.15, -0.1) is 0 Å². The summed E-state index contributed by atoms with van der Waals surface area (Å²) in [6.45, 7) is 1.76. The molecular weight excluding hydrogens is 239 g/mol. The van der Waals surface area contributed by atoms with Gasteiger partial charge in [0.1, 0.15) is 11.9 Å². The summed E-state index contributed by atoms with van der Waals surface area (Å²) in [6, 6.07) is 11.4. The van der Waals surface area contributed by atoms with Crippen molar-refractivity contribution in [3.8, 4) is 0 Å². The molecule has 88 valence electrons. The van der Waals surface area contributed by atoms with E-state index in [-0.39, 0.29) is 5.82 Å². The third-order valence-electron chi connectivity index (χ3n) is 2.73. The fourth-order valence-electron chi connectivity index (χ4n) is 1.81. The van der Waals surface area contributed by atoms with Crippen molar-refractivity contribution >= 4 is 11.6 Å². The van der Waals surface area contributed by atoms with Crippen molar-refractivity contribution in [2.24, 2.45) is 0 Å². The van der Waals surface area contributed by atoms with E-state index in [1.807, 2.05) is 6.07 Å². The molecule has 2 rings (SSSR count). The van der Waals surface area contributed by atoms with Crippen molar-refractivity contribution in [2.45, 2.75) is 13.0 Å². The van der Waals surface area contributed by atoms with E-state index in [1.165, 1.54) is 12.1 Å². The summed E-state index contributed by atoms with van der Waals surface area (Å²) >= 11 is 6.02. The second-order valence-electron chi connectivity index (χ2n) is 3.92. The fourth-order valence-corrected chi connectivity index (χ4v) is 2.05. The summed E-state index contributed by atoms with van der Waals surface area (Å²) in [5.74, 6) is -0.308. The first-order chi connectivity index (χ1) is 8.09. The molecule has 1 nitrogen and oxygen atoms in total. The Morgan fingerprint density at radius 2 is 1.82 bits per heavy atom. The maximum absolute atomic E-state index is 13.0. The van der Waals surface area contributed by atoms with Crippen molar-refractivity contribution in [1.29, 1.82) is 0 Å². The highest BCUT2D eigenvalue weighted by atomic mass is 35.5. The van der Waals surface area contributed by atoms with Gasteiger partial charge in [-0.1, -0.05) is 35.9 Å². The number of aliphatic hydroxyl groups is 1. The van der Waals surface area contributed by atoms with Crippen LogP contribution in [0.3, 0.4) is 0 Å². The first-order valence-corrected chi connectivity index (χ1v) is 5.66. The van der Waals surface area contributed by atoms with Crippen LogP contribution < -0.4 is 0 Å². The third-order valence-corrected chi connectivity index (χ3v) is 3.07. The molecule has 2 aromatic rings. The van der Waals surface area contributed by atoms with E-state index in [0.717, 1.165) is 0 Å². The molecule has 1 N–H and O–H groups in total. The minimum absolute atomic E-state index is 0.308. The molecule has 3 heteroatoms. The van der Waals surface area contributed by atoms with Gasteiger partial charge in [-0.25, -0.2) is 4.39 Å². The lowest BCUT2D eigenvalue weighted by atomic mass is 9.97. The smallest absolute Gasteiger partial charge is 0.123 e. The van der Waals surface area contributed by atoms with Crippen LogP contribution in [0.15, 0.2) is 42.5 Å². The normalized spacial score (nSPS) is 12.5. The second-order valence-corrected chi connectivity index (χ2v) is 4.33. The van der Waals surface area contributed by atoms with Gasteiger partial charge in [0.05, 0.1) is 0 Å². The summed E-state index contributed by atoms with van der Waals surface area (Å²) in [7, 11) is 0. The Balaban J connectivity index is 2.44. The minimum Gasteiger partial charge on any atom is -0.384 e. The Kier molecular flexibility index (Phi) is 3.46. The molecule has 0 aliphatic rings. The van der Waals surface area contributed by atoms with Gasteiger partial charge in [-0.3, -0.25) is 0 Å². The summed E-state index contributed by atoms with van der Waals surface area (Å²) in [6.07, 6.45) is -0.829. The zero-order valence-corrected chi connectivity index (χ0v) is 10.1. The van der Waals surface area contributed by atoms with E-state index >= 15 is 0 Å². The standard InChI is InChI=1S/C14H12ClFO/c1-9-8-10(16)6-7-11(9)14(17)12-4-2-3-5-13(12)15/h2-8,14,17H,1H3. The molecule has 0 aliphatic carbocycles. The molecule has 0 saturated carbocycles. The van der Waals surface area contributed by atoms with Crippen LogP contribution in [0.4, 0.5) is 4.39 Å². The van der Waals surface area contributed by atoms with Crippen LogP contribution in [-0.2, 0) is 0 Å². The van der Waals surface area contributed by atoms with Crippen molar-refractivity contribution in [2.75, 3.05) is 0 Å². The highest BCUT2D eigenvalue weighted by Gasteiger charge is 2.15. The van der Waals surface area contributed by atoms with Gasteiger partial charge >= 0.3 is 0 Å². The number of rotatable bonds is 2. The third kappa shape index (κ3) is 2.48. The van der Waals surface area contributed by atoms with Crippen LogP contribution in [0.2, 0.25) is 5.02 Å². The number of aryl methyl sites for hydroxylation is 1. The average molecular weight is 251 g/mol. The van der Waals surface area contributed by atoms with Crippen LogP contribution in [0.25, 0.3) is 0 Å². The lowest BCUT2D eigenvalue weighted by Gasteiger charge is -2.15. The van der Waals surface area contributed by atoms with Gasteiger partial charge in [-0.05, 0) is 36.2 Å². The highest BCUT2D eigenvalue weighted by Crippen LogP contribution is 2.29. The van der Waals surface area contributed by atoms with Crippen LogP contribution in [0.5, 0.6) is 0 Å². The molecule has 0 saturated heterocycles. The van der Waals surface area contributed by atoms with Crippen molar-refractivity contribution in [3.05, 3.63) is 70.0 Å². The second kappa shape index (κ2) is 4.86. The molecule has 0 aromatic heterocycles. The summed E-state index contributed by atoms with van der Waals surface area (Å²) in [5.41, 5.74) is 2.00. The van der Waals surface area contributed by atoms with Crippen LogP contribution in [-0.4, -0.2) is 5.11 Å². The van der Waals surface area contributed by atoms with Gasteiger partial charge in [-0.2, -0.15) is 0 Å². The fraction of sp³-hybridized carbons (Fsp3) is 0.143. The molecule has 0 aliphatic heterocycles. The summed E-state index contributed by atoms with van der Waals surface area (Å²) in [5, 5.41) is 10.7. The molecule has 0 spiro atoms. The van der Waals surface area contributed by atoms with Crippen LogP contribution in [0.1, 0.15) is 22.8 Å². The monoisotopic (exact) mass is 250 g/mol. The zero-order chi connectivity index (χ0) is 12.4. The van der Waals surface area contributed by atoms with E-state index in [0.29, 0.717) is 21.7 Å². The van der Waals surface area contributed by atoms with Crippen molar-refractivity contribution in [1.82, 2.24) is 0 Å². The van der Waals surface area contributed by atoms with E-state index in [9.17, 15) is 9.50 Å². The molecular formula is C14H12ClFO. The van der Waals surface area contributed by atoms with Gasteiger partial charge in [0.2, 0.25) is 0 Å². The quantitative estimate of drug-likeness (QED) is 0.858. The minimum atomic E-state index is -0.829. The molecule has 2 aromatic carbocycles.